The van der Waals surface area contributed by atoms with Gasteiger partial charge in [-0.3, -0.25) is 4.79 Å². The largest absolute Gasteiger partial charge is 0.487 e. The molecule has 2 aromatic rings. The highest BCUT2D eigenvalue weighted by molar-refractivity contribution is 5.72. The maximum absolute atomic E-state index is 13.9. The molecule has 0 aliphatic rings. The van der Waals surface area contributed by atoms with E-state index < -0.39 is 17.9 Å². The molecule has 4 nitrogen and oxygen atoms in total. The first-order valence-electron chi connectivity index (χ1n) is 6.81. The average Bonchev–Trinajstić information content (AvgIpc) is 2.54. The van der Waals surface area contributed by atoms with Gasteiger partial charge in [-0.2, -0.15) is 0 Å². The van der Waals surface area contributed by atoms with Crippen LogP contribution in [0.15, 0.2) is 48.5 Å². The second kappa shape index (κ2) is 7.56. The van der Waals surface area contributed by atoms with E-state index in [-0.39, 0.29) is 18.8 Å². The third-order valence-corrected chi connectivity index (χ3v) is 3.15. The zero-order chi connectivity index (χ0) is 15.9. The highest BCUT2D eigenvalue weighted by Gasteiger charge is 2.11. The summed E-state index contributed by atoms with van der Waals surface area (Å²) in [7, 11) is 1.28. The highest BCUT2D eigenvalue weighted by atomic mass is 19.1. The molecule has 1 atom stereocenters. The molecule has 0 spiro atoms. The van der Waals surface area contributed by atoms with Crippen molar-refractivity contribution in [3.05, 3.63) is 65.5 Å². The summed E-state index contributed by atoms with van der Waals surface area (Å²) in [5.74, 6) is -0.988. The van der Waals surface area contributed by atoms with Crippen molar-refractivity contribution < 1.29 is 23.8 Å². The van der Waals surface area contributed by atoms with Gasteiger partial charge in [0.05, 0.1) is 13.5 Å². The van der Waals surface area contributed by atoms with Crippen LogP contribution < -0.4 is 4.74 Å². The molecule has 2 rings (SSSR count). The fraction of sp³-hybridized carbons (Fsp3) is 0.235. The van der Waals surface area contributed by atoms with Gasteiger partial charge in [-0.1, -0.05) is 36.4 Å². The lowest BCUT2D eigenvalue weighted by atomic mass is 10.1. The van der Waals surface area contributed by atoms with Crippen LogP contribution in [0, 0.1) is 5.82 Å². The Bertz CT molecular complexity index is 628. The SMILES string of the molecule is COC(=O)Cc1ccc(OCC(O)c2ccccc2)c(F)c1. The van der Waals surface area contributed by atoms with Crippen molar-refractivity contribution in [3.8, 4) is 5.75 Å². The Kier molecular flexibility index (Phi) is 5.49. The van der Waals surface area contributed by atoms with Gasteiger partial charge < -0.3 is 14.6 Å². The van der Waals surface area contributed by atoms with E-state index in [0.29, 0.717) is 11.1 Å². The minimum atomic E-state index is -0.838. The van der Waals surface area contributed by atoms with Gasteiger partial charge in [0.1, 0.15) is 12.7 Å². The number of aliphatic hydroxyl groups is 1. The third-order valence-electron chi connectivity index (χ3n) is 3.15. The first-order valence-corrected chi connectivity index (χ1v) is 6.81. The molecule has 2 aromatic carbocycles. The molecule has 1 N–H and O–H groups in total. The molecule has 0 saturated heterocycles. The van der Waals surface area contributed by atoms with Gasteiger partial charge in [-0.25, -0.2) is 4.39 Å². The molecular weight excluding hydrogens is 287 g/mol. The molecule has 5 heteroatoms. The number of halogens is 1. The van der Waals surface area contributed by atoms with Crippen LogP contribution in [0.25, 0.3) is 0 Å². The number of carbonyl (C=O) groups is 1. The fourth-order valence-electron chi connectivity index (χ4n) is 1.95. The van der Waals surface area contributed by atoms with Crippen LogP contribution in [0.5, 0.6) is 5.75 Å². The molecule has 0 amide bonds. The van der Waals surface area contributed by atoms with Crippen LogP contribution in [0.4, 0.5) is 4.39 Å². The van der Waals surface area contributed by atoms with Gasteiger partial charge in [-0.15, -0.1) is 0 Å². The first-order chi connectivity index (χ1) is 10.6. The molecule has 22 heavy (non-hydrogen) atoms. The Morgan fingerprint density at radius 3 is 2.59 bits per heavy atom. The van der Waals surface area contributed by atoms with Crippen molar-refractivity contribution in [2.24, 2.45) is 0 Å². The van der Waals surface area contributed by atoms with Crippen LogP contribution in [0.3, 0.4) is 0 Å². The molecule has 0 bridgehead atoms. The summed E-state index contributed by atoms with van der Waals surface area (Å²) in [6.07, 6.45) is -0.837. The second-order valence-electron chi connectivity index (χ2n) is 4.76. The van der Waals surface area contributed by atoms with E-state index in [4.69, 9.17) is 4.74 Å². The van der Waals surface area contributed by atoms with Crippen molar-refractivity contribution in [1.29, 1.82) is 0 Å². The Morgan fingerprint density at radius 2 is 1.95 bits per heavy atom. The Hall–Kier alpha value is -2.40. The number of ether oxygens (including phenoxy) is 2. The molecular formula is C17H17FO4. The average molecular weight is 304 g/mol. The maximum Gasteiger partial charge on any atom is 0.309 e. The number of hydrogen-bond acceptors (Lipinski definition) is 4. The molecule has 0 heterocycles. The predicted octanol–water partition coefficient (Wildman–Crippen LogP) is 2.65. The second-order valence-corrected chi connectivity index (χ2v) is 4.76. The molecule has 0 aliphatic heterocycles. The van der Waals surface area contributed by atoms with Crippen molar-refractivity contribution in [2.45, 2.75) is 12.5 Å². The lowest BCUT2D eigenvalue weighted by Crippen LogP contribution is -2.10. The Morgan fingerprint density at radius 1 is 1.23 bits per heavy atom. The quantitative estimate of drug-likeness (QED) is 0.834. The van der Waals surface area contributed by atoms with Gasteiger partial charge in [0.25, 0.3) is 0 Å². The van der Waals surface area contributed by atoms with Crippen molar-refractivity contribution in [1.82, 2.24) is 0 Å². The zero-order valence-electron chi connectivity index (χ0n) is 12.2. The molecule has 0 aliphatic carbocycles. The van der Waals surface area contributed by atoms with E-state index in [0.717, 1.165) is 0 Å². The van der Waals surface area contributed by atoms with Crippen LogP contribution >= 0.6 is 0 Å². The number of esters is 1. The van der Waals surface area contributed by atoms with Gasteiger partial charge >= 0.3 is 5.97 Å². The van der Waals surface area contributed by atoms with Crippen LogP contribution in [0.2, 0.25) is 0 Å². The van der Waals surface area contributed by atoms with Gasteiger partial charge in [0.15, 0.2) is 11.6 Å². The molecule has 0 aromatic heterocycles. The van der Waals surface area contributed by atoms with E-state index in [1.54, 1.807) is 30.3 Å². The monoisotopic (exact) mass is 304 g/mol. The number of methoxy groups -OCH3 is 1. The van der Waals surface area contributed by atoms with E-state index >= 15 is 0 Å². The van der Waals surface area contributed by atoms with Crippen molar-refractivity contribution >= 4 is 5.97 Å². The summed E-state index contributed by atoms with van der Waals surface area (Å²) in [5, 5.41) is 9.97. The number of carbonyl (C=O) groups excluding carboxylic acids is 1. The van der Waals surface area contributed by atoms with E-state index in [1.165, 1.54) is 19.2 Å². The topological polar surface area (TPSA) is 55.8 Å². The Labute approximate surface area is 128 Å². The van der Waals surface area contributed by atoms with Crippen LogP contribution in [-0.4, -0.2) is 24.8 Å². The summed E-state index contributed by atoms with van der Waals surface area (Å²) >= 11 is 0. The van der Waals surface area contributed by atoms with E-state index in [2.05, 4.69) is 4.74 Å². The Balaban J connectivity index is 1.97. The third kappa shape index (κ3) is 4.30. The fourth-order valence-corrected chi connectivity index (χ4v) is 1.95. The minimum absolute atomic E-state index is 0.000338. The summed E-state index contributed by atoms with van der Waals surface area (Å²) in [6, 6.07) is 13.2. The molecule has 0 radical (unpaired) electrons. The van der Waals surface area contributed by atoms with E-state index in [1.807, 2.05) is 6.07 Å². The standard InChI is InChI=1S/C17H17FO4/c1-21-17(20)10-12-7-8-16(14(18)9-12)22-11-15(19)13-5-3-2-4-6-13/h2-9,15,19H,10-11H2,1H3. The lowest BCUT2D eigenvalue weighted by molar-refractivity contribution is -0.139. The normalized spacial score (nSPS) is 11.8. The first kappa shape index (κ1) is 16.0. The zero-order valence-corrected chi connectivity index (χ0v) is 12.2. The number of hydrogen-bond donors (Lipinski definition) is 1. The molecule has 1 unspecified atom stereocenters. The molecule has 0 fully saturated rings. The van der Waals surface area contributed by atoms with E-state index in [9.17, 15) is 14.3 Å². The van der Waals surface area contributed by atoms with Crippen molar-refractivity contribution in [2.75, 3.05) is 13.7 Å². The lowest BCUT2D eigenvalue weighted by Gasteiger charge is -2.13. The van der Waals surface area contributed by atoms with Crippen LogP contribution in [-0.2, 0) is 16.0 Å². The van der Waals surface area contributed by atoms with Crippen molar-refractivity contribution in [3.63, 3.8) is 0 Å². The summed E-state index contributed by atoms with van der Waals surface area (Å²) in [4.78, 5) is 11.1. The maximum atomic E-state index is 13.9. The summed E-state index contributed by atoms with van der Waals surface area (Å²) in [5.41, 5.74) is 1.20. The smallest absolute Gasteiger partial charge is 0.309 e. The summed E-state index contributed by atoms with van der Waals surface area (Å²) in [6.45, 7) is -0.0583. The van der Waals surface area contributed by atoms with Crippen LogP contribution in [0.1, 0.15) is 17.2 Å². The number of aliphatic hydroxyl groups excluding tert-OH is 1. The summed E-state index contributed by atoms with van der Waals surface area (Å²) < 4.78 is 23.7. The van der Waals surface area contributed by atoms with Gasteiger partial charge in [0, 0.05) is 0 Å². The highest BCUT2D eigenvalue weighted by Crippen LogP contribution is 2.21. The van der Waals surface area contributed by atoms with Gasteiger partial charge in [0.2, 0.25) is 0 Å². The van der Waals surface area contributed by atoms with Gasteiger partial charge in [-0.05, 0) is 23.3 Å². The molecule has 0 saturated carbocycles. The molecule has 116 valence electrons. The number of benzene rings is 2. The predicted molar refractivity (Wildman–Crippen MR) is 79.0 cm³/mol. The number of rotatable bonds is 6. The minimum Gasteiger partial charge on any atom is -0.487 e.